The number of hydrogen-bond donors (Lipinski definition) is 3. The van der Waals surface area contributed by atoms with E-state index in [4.69, 9.17) is 0 Å². The molecule has 0 saturated heterocycles. The molecule has 0 fully saturated rings. The van der Waals surface area contributed by atoms with Crippen LogP contribution in [0.25, 0.3) is 0 Å². The fourth-order valence-corrected chi connectivity index (χ4v) is 1.83. The molecule has 6 heteroatoms. The minimum atomic E-state index is -0.503. The standard InChI is InChI=1S/C13H20N2O4/c1-9(2)5-12(16)8-14-7-10-6-11(15(18)19)3-4-13(10)17/h3-4,6,9,12,14,16-17H,5,7-8H2,1-2H3. The zero-order valence-corrected chi connectivity index (χ0v) is 11.2. The lowest BCUT2D eigenvalue weighted by Gasteiger charge is -2.14. The van der Waals surface area contributed by atoms with Crippen LogP contribution in [0, 0.1) is 16.0 Å². The molecule has 0 aliphatic heterocycles. The SMILES string of the molecule is CC(C)CC(O)CNCc1cc([N+](=O)[O-])ccc1O. The van der Waals surface area contributed by atoms with Gasteiger partial charge in [-0.3, -0.25) is 10.1 Å². The third-order valence-corrected chi connectivity index (χ3v) is 2.71. The number of hydrogen-bond acceptors (Lipinski definition) is 5. The maximum Gasteiger partial charge on any atom is 0.270 e. The van der Waals surface area contributed by atoms with Crippen LogP contribution in [0.3, 0.4) is 0 Å². The Morgan fingerprint density at radius 1 is 1.42 bits per heavy atom. The van der Waals surface area contributed by atoms with Gasteiger partial charge in [0.05, 0.1) is 11.0 Å². The summed E-state index contributed by atoms with van der Waals surface area (Å²) in [5.41, 5.74) is 0.392. The second-order valence-electron chi connectivity index (χ2n) is 4.98. The molecule has 19 heavy (non-hydrogen) atoms. The molecule has 0 amide bonds. The first kappa shape index (κ1) is 15.4. The molecule has 1 rings (SSSR count). The first-order valence-electron chi connectivity index (χ1n) is 6.25. The Morgan fingerprint density at radius 2 is 2.11 bits per heavy atom. The van der Waals surface area contributed by atoms with Gasteiger partial charge in [0, 0.05) is 30.8 Å². The molecule has 1 aromatic rings. The van der Waals surface area contributed by atoms with Crippen molar-refractivity contribution in [3.05, 3.63) is 33.9 Å². The van der Waals surface area contributed by atoms with Gasteiger partial charge < -0.3 is 15.5 Å². The first-order chi connectivity index (χ1) is 8.90. The number of nitro benzene ring substituents is 1. The molecule has 1 atom stereocenters. The Balaban J connectivity index is 2.53. The van der Waals surface area contributed by atoms with Crippen LogP contribution >= 0.6 is 0 Å². The number of benzene rings is 1. The lowest BCUT2D eigenvalue weighted by atomic mass is 10.1. The molecule has 1 aromatic carbocycles. The van der Waals surface area contributed by atoms with Crippen LogP contribution < -0.4 is 5.32 Å². The predicted molar refractivity (Wildman–Crippen MR) is 71.9 cm³/mol. The van der Waals surface area contributed by atoms with Gasteiger partial charge in [0.1, 0.15) is 5.75 Å². The summed E-state index contributed by atoms with van der Waals surface area (Å²) >= 11 is 0. The predicted octanol–water partition coefficient (Wildman–Crippen LogP) is 1.80. The summed E-state index contributed by atoms with van der Waals surface area (Å²) in [4.78, 5) is 10.1. The molecule has 0 aliphatic carbocycles. The van der Waals surface area contributed by atoms with E-state index in [2.05, 4.69) is 5.32 Å². The number of phenols is 1. The Labute approximate surface area is 112 Å². The van der Waals surface area contributed by atoms with Crippen molar-refractivity contribution in [2.75, 3.05) is 6.54 Å². The molecule has 3 N–H and O–H groups in total. The van der Waals surface area contributed by atoms with Crippen molar-refractivity contribution in [2.45, 2.75) is 32.9 Å². The molecule has 0 spiro atoms. The molecule has 0 bridgehead atoms. The van der Waals surface area contributed by atoms with Gasteiger partial charge in [-0.25, -0.2) is 0 Å². The zero-order chi connectivity index (χ0) is 14.4. The third-order valence-electron chi connectivity index (χ3n) is 2.71. The average molecular weight is 268 g/mol. The van der Waals surface area contributed by atoms with Crippen LogP contribution in [0.5, 0.6) is 5.75 Å². The number of non-ortho nitro benzene ring substituents is 1. The van der Waals surface area contributed by atoms with E-state index < -0.39 is 11.0 Å². The third kappa shape index (κ3) is 5.23. The van der Waals surface area contributed by atoms with E-state index in [0.29, 0.717) is 24.4 Å². The van der Waals surface area contributed by atoms with E-state index in [0.717, 1.165) is 0 Å². The van der Waals surface area contributed by atoms with E-state index in [9.17, 15) is 20.3 Å². The summed E-state index contributed by atoms with van der Waals surface area (Å²) in [7, 11) is 0. The normalized spacial score (nSPS) is 12.6. The monoisotopic (exact) mass is 268 g/mol. The molecule has 0 aliphatic rings. The molecule has 6 nitrogen and oxygen atoms in total. The van der Waals surface area contributed by atoms with Crippen molar-refractivity contribution in [3.8, 4) is 5.75 Å². The van der Waals surface area contributed by atoms with E-state index in [-0.39, 0.29) is 18.0 Å². The quantitative estimate of drug-likeness (QED) is 0.517. The van der Waals surface area contributed by atoms with Gasteiger partial charge in [0.2, 0.25) is 0 Å². The molecule has 106 valence electrons. The minimum Gasteiger partial charge on any atom is -0.508 e. The van der Waals surface area contributed by atoms with Gasteiger partial charge in [-0.1, -0.05) is 13.8 Å². The van der Waals surface area contributed by atoms with Gasteiger partial charge in [0.25, 0.3) is 5.69 Å². The Morgan fingerprint density at radius 3 is 2.68 bits per heavy atom. The number of nitro groups is 1. The summed E-state index contributed by atoms with van der Waals surface area (Å²) < 4.78 is 0. The van der Waals surface area contributed by atoms with Gasteiger partial charge in [-0.2, -0.15) is 0 Å². The van der Waals surface area contributed by atoms with Crippen LogP contribution in [0.2, 0.25) is 0 Å². The highest BCUT2D eigenvalue weighted by atomic mass is 16.6. The van der Waals surface area contributed by atoms with Crippen molar-refractivity contribution in [2.24, 2.45) is 5.92 Å². The van der Waals surface area contributed by atoms with E-state index >= 15 is 0 Å². The van der Waals surface area contributed by atoms with Crippen LogP contribution in [0.4, 0.5) is 5.69 Å². The summed E-state index contributed by atoms with van der Waals surface area (Å²) in [5.74, 6) is 0.416. The average Bonchev–Trinajstić information content (AvgIpc) is 2.30. The fourth-order valence-electron chi connectivity index (χ4n) is 1.83. The Bertz CT molecular complexity index is 435. The first-order valence-corrected chi connectivity index (χ1v) is 6.25. The number of aliphatic hydroxyl groups excluding tert-OH is 1. The number of aliphatic hydroxyl groups is 1. The maximum atomic E-state index is 10.6. The van der Waals surface area contributed by atoms with Crippen molar-refractivity contribution < 1.29 is 15.1 Å². The summed E-state index contributed by atoms with van der Waals surface area (Å²) in [6, 6.07) is 3.89. The number of aromatic hydroxyl groups is 1. The van der Waals surface area contributed by atoms with Crippen LogP contribution in [-0.2, 0) is 6.54 Å². The van der Waals surface area contributed by atoms with Crippen molar-refractivity contribution in [3.63, 3.8) is 0 Å². The van der Waals surface area contributed by atoms with Crippen LogP contribution in [-0.4, -0.2) is 27.8 Å². The van der Waals surface area contributed by atoms with E-state index in [1.165, 1.54) is 18.2 Å². The van der Waals surface area contributed by atoms with E-state index in [1.807, 2.05) is 13.8 Å². The molecule has 0 aromatic heterocycles. The lowest BCUT2D eigenvalue weighted by molar-refractivity contribution is -0.384. The van der Waals surface area contributed by atoms with Crippen molar-refractivity contribution in [1.29, 1.82) is 0 Å². The molecular formula is C13H20N2O4. The van der Waals surface area contributed by atoms with Gasteiger partial charge >= 0.3 is 0 Å². The number of nitrogens with zero attached hydrogens (tertiary/aromatic N) is 1. The fraction of sp³-hybridized carbons (Fsp3) is 0.538. The molecule has 0 heterocycles. The summed E-state index contributed by atoms with van der Waals surface area (Å²) in [6.07, 6.45) is 0.231. The Kier molecular flexibility index (Phi) is 5.72. The molecule has 1 unspecified atom stereocenters. The topological polar surface area (TPSA) is 95.6 Å². The van der Waals surface area contributed by atoms with E-state index in [1.54, 1.807) is 0 Å². The molecular weight excluding hydrogens is 248 g/mol. The largest absolute Gasteiger partial charge is 0.508 e. The second-order valence-corrected chi connectivity index (χ2v) is 4.98. The Hall–Kier alpha value is -1.66. The maximum absolute atomic E-state index is 10.6. The second kappa shape index (κ2) is 7.06. The number of nitrogens with one attached hydrogen (secondary N) is 1. The lowest BCUT2D eigenvalue weighted by Crippen LogP contribution is -2.27. The summed E-state index contributed by atoms with van der Waals surface area (Å²) in [6.45, 7) is 4.72. The van der Waals surface area contributed by atoms with Crippen molar-refractivity contribution >= 4 is 5.69 Å². The van der Waals surface area contributed by atoms with Gasteiger partial charge in [-0.05, 0) is 18.4 Å². The highest BCUT2D eigenvalue weighted by Gasteiger charge is 2.11. The summed E-state index contributed by atoms with van der Waals surface area (Å²) in [5, 5.41) is 32.9. The number of rotatable bonds is 7. The molecule has 0 radical (unpaired) electrons. The van der Waals surface area contributed by atoms with Gasteiger partial charge in [-0.15, -0.1) is 0 Å². The van der Waals surface area contributed by atoms with Gasteiger partial charge in [0.15, 0.2) is 0 Å². The highest BCUT2D eigenvalue weighted by Crippen LogP contribution is 2.22. The smallest absolute Gasteiger partial charge is 0.270 e. The minimum absolute atomic E-state index is 0.0106. The zero-order valence-electron chi connectivity index (χ0n) is 11.2. The number of phenolic OH excluding ortho intramolecular Hbond substituents is 1. The molecule has 0 saturated carbocycles. The van der Waals surface area contributed by atoms with Crippen LogP contribution in [0.1, 0.15) is 25.8 Å². The van der Waals surface area contributed by atoms with Crippen molar-refractivity contribution in [1.82, 2.24) is 5.32 Å². The van der Waals surface area contributed by atoms with Crippen LogP contribution in [0.15, 0.2) is 18.2 Å². The highest BCUT2D eigenvalue weighted by molar-refractivity contribution is 5.42.